The Kier molecular flexibility index (Phi) is 6.48. The quantitative estimate of drug-likeness (QED) is 0.400. The number of esters is 1. The lowest BCUT2D eigenvalue weighted by molar-refractivity contribution is -0.144. The van der Waals surface area contributed by atoms with Crippen LogP contribution in [0.1, 0.15) is 11.8 Å². The zero-order valence-electron chi connectivity index (χ0n) is 18.0. The second-order valence-corrected chi connectivity index (χ2v) is 8.42. The first-order chi connectivity index (χ1) is 15.5. The Morgan fingerprint density at radius 2 is 2.09 bits per heavy atom. The van der Waals surface area contributed by atoms with Crippen LogP contribution in [0.5, 0.6) is 5.75 Å². The maximum absolute atomic E-state index is 12.8. The van der Waals surface area contributed by atoms with Crippen molar-refractivity contribution in [2.45, 2.75) is 20.0 Å². The summed E-state index contributed by atoms with van der Waals surface area (Å²) in [7, 11) is 1.53. The summed E-state index contributed by atoms with van der Waals surface area (Å²) in [6, 6.07) is 11.2. The lowest BCUT2D eigenvalue weighted by atomic mass is 10.1. The topological polar surface area (TPSA) is 90.9 Å². The Bertz CT molecular complexity index is 1130. The molecule has 4 rings (SSSR count). The minimum absolute atomic E-state index is 0.130. The normalized spacial score (nSPS) is 15.3. The number of amides is 1. The molecule has 3 heterocycles. The van der Waals surface area contributed by atoms with Crippen molar-refractivity contribution in [1.29, 1.82) is 0 Å². The molecule has 0 saturated heterocycles. The lowest BCUT2D eigenvalue weighted by Gasteiger charge is -2.32. The van der Waals surface area contributed by atoms with Gasteiger partial charge in [0.25, 0.3) is 5.91 Å². The summed E-state index contributed by atoms with van der Waals surface area (Å²) in [5.74, 6) is -0.283. The molecule has 0 aliphatic carbocycles. The van der Waals surface area contributed by atoms with Crippen molar-refractivity contribution in [3.8, 4) is 27.7 Å². The summed E-state index contributed by atoms with van der Waals surface area (Å²) >= 11 is 1.55. The van der Waals surface area contributed by atoms with Gasteiger partial charge in [0.15, 0.2) is 6.10 Å². The zero-order valence-corrected chi connectivity index (χ0v) is 18.8. The molecule has 8 nitrogen and oxygen atoms in total. The van der Waals surface area contributed by atoms with Gasteiger partial charge in [0, 0.05) is 23.7 Å². The van der Waals surface area contributed by atoms with Gasteiger partial charge in [-0.3, -0.25) is 19.5 Å². The zero-order chi connectivity index (χ0) is 22.7. The summed E-state index contributed by atoms with van der Waals surface area (Å²) in [6.07, 6.45) is 1.04. The van der Waals surface area contributed by atoms with E-state index < -0.39 is 12.1 Å². The summed E-state index contributed by atoms with van der Waals surface area (Å²) in [6.45, 7) is 3.87. The van der Waals surface area contributed by atoms with E-state index in [0.29, 0.717) is 18.0 Å². The highest BCUT2D eigenvalue weighted by Crippen LogP contribution is 2.39. The van der Waals surface area contributed by atoms with Crippen LogP contribution in [0.15, 0.2) is 42.6 Å². The van der Waals surface area contributed by atoms with Crippen LogP contribution in [-0.4, -0.2) is 54.8 Å². The Balaban J connectivity index is 1.65. The van der Waals surface area contributed by atoms with Crippen molar-refractivity contribution in [2.24, 2.45) is 0 Å². The van der Waals surface area contributed by atoms with Crippen molar-refractivity contribution >= 4 is 28.9 Å². The number of benzene rings is 1. The fourth-order valence-corrected chi connectivity index (χ4v) is 4.31. The van der Waals surface area contributed by atoms with Crippen molar-refractivity contribution in [2.75, 3.05) is 31.8 Å². The Morgan fingerprint density at radius 1 is 1.25 bits per heavy atom. The van der Waals surface area contributed by atoms with Crippen LogP contribution < -0.4 is 9.64 Å². The number of fused-ring (bicyclic) bond motifs is 1. The molecule has 32 heavy (non-hydrogen) atoms. The third kappa shape index (κ3) is 4.49. The summed E-state index contributed by atoms with van der Waals surface area (Å²) in [5, 5.41) is 0.815. The van der Waals surface area contributed by atoms with Crippen molar-refractivity contribution in [3.63, 3.8) is 0 Å². The van der Waals surface area contributed by atoms with Gasteiger partial charge in [0.2, 0.25) is 0 Å². The van der Waals surface area contributed by atoms with Crippen LogP contribution in [0.4, 0.5) is 5.69 Å². The summed E-state index contributed by atoms with van der Waals surface area (Å²) in [4.78, 5) is 36.7. The van der Waals surface area contributed by atoms with Crippen molar-refractivity contribution in [3.05, 3.63) is 47.5 Å². The second kappa shape index (κ2) is 9.46. The maximum Gasteiger partial charge on any atom is 0.326 e. The molecular weight excluding hydrogens is 430 g/mol. The number of aromatic nitrogens is 2. The molecule has 0 saturated carbocycles. The number of hydrogen-bond donors (Lipinski definition) is 0. The van der Waals surface area contributed by atoms with E-state index in [2.05, 4.69) is 4.98 Å². The monoisotopic (exact) mass is 453 g/mol. The van der Waals surface area contributed by atoms with E-state index in [1.54, 1.807) is 30.5 Å². The smallest absolute Gasteiger partial charge is 0.326 e. The average Bonchev–Trinajstić information content (AvgIpc) is 3.19. The number of nitrogens with zero attached hydrogens (tertiary/aromatic N) is 3. The SMILES string of the molecule is COCCOC(=O)CN1C(=O)C(C)Oc2ccc(-c3nc(-c4ccccn4)sc3C)cc21. The molecule has 1 unspecified atom stereocenters. The van der Waals surface area contributed by atoms with Gasteiger partial charge >= 0.3 is 5.97 Å². The molecule has 9 heteroatoms. The standard InChI is InChI=1S/C23H23N3O5S/c1-14-23(28)26(13-20(27)30-11-10-29-3)18-12-16(7-8-19(18)31-14)21-15(2)32-22(25-21)17-6-4-5-9-24-17/h4-9,12,14H,10-11,13H2,1-3H3. The van der Waals surface area contributed by atoms with Gasteiger partial charge in [-0.2, -0.15) is 0 Å². The third-order valence-electron chi connectivity index (χ3n) is 4.96. The van der Waals surface area contributed by atoms with Gasteiger partial charge in [-0.15, -0.1) is 11.3 Å². The van der Waals surface area contributed by atoms with Gasteiger partial charge in [-0.1, -0.05) is 6.07 Å². The number of aryl methyl sites for hydroxylation is 1. The highest BCUT2D eigenvalue weighted by molar-refractivity contribution is 7.15. The van der Waals surface area contributed by atoms with Gasteiger partial charge < -0.3 is 14.2 Å². The molecule has 0 spiro atoms. The molecule has 1 aliphatic heterocycles. The van der Waals surface area contributed by atoms with Crippen LogP contribution in [0.2, 0.25) is 0 Å². The van der Waals surface area contributed by atoms with E-state index in [1.807, 2.05) is 37.3 Å². The van der Waals surface area contributed by atoms with Crippen LogP contribution in [0, 0.1) is 6.92 Å². The molecule has 1 atom stereocenters. The van der Waals surface area contributed by atoms with Crippen LogP contribution in [0.25, 0.3) is 22.0 Å². The average molecular weight is 454 g/mol. The number of pyridine rings is 1. The number of rotatable bonds is 7. The van der Waals surface area contributed by atoms with Gasteiger partial charge in [-0.05, 0) is 44.2 Å². The lowest BCUT2D eigenvalue weighted by Crippen LogP contribution is -2.47. The minimum atomic E-state index is -0.697. The number of hydrogen-bond acceptors (Lipinski definition) is 8. The van der Waals surface area contributed by atoms with E-state index in [4.69, 9.17) is 19.2 Å². The Labute approximate surface area is 189 Å². The van der Waals surface area contributed by atoms with E-state index >= 15 is 0 Å². The van der Waals surface area contributed by atoms with Crippen LogP contribution in [0.3, 0.4) is 0 Å². The van der Waals surface area contributed by atoms with Crippen molar-refractivity contribution < 1.29 is 23.8 Å². The molecule has 3 aromatic rings. The molecule has 1 amide bonds. The van der Waals surface area contributed by atoms with E-state index in [1.165, 1.54) is 12.0 Å². The number of carbonyl (C=O) groups is 2. The predicted octanol–water partition coefficient (Wildman–Crippen LogP) is 3.48. The van der Waals surface area contributed by atoms with Gasteiger partial charge in [0.05, 0.1) is 23.7 Å². The summed E-state index contributed by atoms with van der Waals surface area (Å²) < 4.78 is 15.8. The largest absolute Gasteiger partial charge is 0.479 e. The minimum Gasteiger partial charge on any atom is -0.479 e. The molecule has 0 bridgehead atoms. The number of thiazole rings is 1. The van der Waals surface area contributed by atoms with E-state index in [0.717, 1.165) is 26.8 Å². The van der Waals surface area contributed by atoms with Crippen LogP contribution in [-0.2, 0) is 19.1 Å². The van der Waals surface area contributed by atoms with E-state index in [-0.39, 0.29) is 19.1 Å². The number of methoxy groups -OCH3 is 1. The molecule has 0 fully saturated rings. The molecule has 1 aromatic carbocycles. The van der Waals surface area contributed by atoms with Gasteiger partial charge in [0.1, 0.15) is 23.9 Å². The van der Waals surface area contributed by atoms with Crippen LogP contribution >= 0.6 is 11.3 Å². The molecule has 166 valence electrons. The second-order valence-electron chi connectivity index (χ2n) is 7.22. The highest BCUT2D eigenvalue weighted by atomic mass is 32.1. The predicted molar refractivity (Wildman–Crippen MR) is 121 cm³/mol. The number of ether oxygens (including phenoxy) is 3. The van der Waals surface area contributed by atoms with Gasteiger partial charge in [-0.25, -0.2) is 4.98 Å². The molecular formula is C23H23N3O5S. The fraction of sp³-hybridized carbons (Fsp3) is 0.304. The highest BCUT2D eigenvalue weighted by Gasteiger charge is 2.33. The number of anilines is 1. The van der Waals surface area contributed by atoms with E-state index in [9.17, 15) is 9.59 Å². The fourth-order valence-electron chi connectivity index (χ4n) is 3.39. The maximum atomic E-state index is 12.8. The Hall–Kier alpha value is -3.30. The first kappa shape index (κ1) is 21.9. The third-order valence-corrected chi connectivity index (χ3v) is 5.95. The molecule has 1 aliphatic rings. The molecule has 2 aromatic heterocycles. The first-order valence-electron chi connectivity index (χ1n) is 10.1. The van der Waals surface area contributed by atoms with Crippen molar-refractivity contribution in [1.82, 2.24) is 9.97 Å². The molecule has 0 radical (unpaired) electrons. The first-order valence-corrected chi connectivity index (χ1v) is 11.0. The molecule has 0 N–H and O–H groups in total. The summed E-state index contributed by atoms with van der Waals surface area (Å²) in [5.41, 5.74) is 2.94. The number of carbonyl (C=O) groups excluding carboxylic acids is 2. The Morgan fingerprint density at radius 3 is 2.84 bits per heavy atom.